The second kappa shape index (κ2) is 5.78. The normalized spacial score (nSPS) is 11.1. The Kier molecular flexibility index (Phi) is 3.97. The third kappa shape index (κ3) is 2.76. The summed E-state index contributed by atoms with van der Waals surface area (Å²) in [5, 5.41) is 1.36. The van der Waals surface area contributed by atoms with Gasteiger partial charge >= 0.3 is 0 Å². The molecule has 0 amide bonds. The molecule has 0 N–H and O–H groups in total. The number of halogens is 3. The van der Waals surface area contributed by atoms with Gasteiger partial charge in [-0.15, -0.1) is 11.3 Å². The third-order valence-corrected chi connectivity index (χ3v) is 4.69. The first kappa shape index (κ1) is 15.1. The molecule has 2 heterocycles. The zero-order chi connectivity index (χ0) is 15.9. The van der Waals surface area contributed by atoms with Crippen molar-refractivity contribution in [1.29, 1.82) is 0 Å². The van der Waals surface area contributed by atoms with E-state index in [0.717, 1.165) is 21.8 Å². The SMILES string of the molecule is Cc1sc(Cc2ncc(Cl)n2C)nc1-c1ccc(F)cc1F. The summed E-state index contributed by atoms with van der Waals surface area (Å²) >= 11 is 7.43. The first-order chi connectivity index (χ1) is 10.5. The van der Waals surface area contributed by atoms with Gasteiger partial charge in [0, 0.05) is 23.6 Å². The zero-order valence-corrected chi connectivity index (χ0v) is 13.5. The van der Waals surface area contributed by atoms with Gasteiger partial charge in [0.25, 0.3) is 0 Å². The second-order valence-electron chi connectivity index (χ2n) is 4.87. The Labute approximate surface area is 135 Å². The van der Waals surface area contributed by atoms with Crippen molar-refractivity contribution in [2.24, 2.45) is 7.05 Å². The van der Waals surface area contributed by atoms with Gasteiger partial charge in [0.2, 0.25) is 0 Å². The molecule has 0 aliphatic heterocycles. The highest BCUT2D eigenvalue weighted by molar-refractivity contribution is 7.12. The summed E-state index contributed by atoms with van der Waals surface area (Å²) in [4.78, 5) is 9.58. The average Bonchev–Trinajstić information content (AvgIpc) is 2.97. The van der Waals surface area contributed by atoms with Crippen molar-refractivity contribution in [2.75, 3.05) is 0 Å². The maximum Gasteiger partial charge on any atom is 0.135 e. The van der Waals surface area contributed by atoms with Crippen LogP contribution in [0.2, 0.25) is 5.15 Å². The van der Waals surface area contributed by atoms with Crippen molar-refractivity contribution in [3.63, 3.8) is 0 Å². The smallest absolute Gasteiger partial charge is 0.135 e. The molecule has 0 fully saturated rings. The van der Waals surface area contributed by atoms with E-state index in [1.807, 2.05) is 14.0 Å². The molecule has 0 aliphatic rings. The van der Waals surface area contributed by atoms with Gasteiger partial charge in [0.15, 0.2) is 0 Å². The maximum absolute atomic E-state index is 13.9. The van der Waals surface area contributed by atoms with Crippen molar-refractivity contribution in [3.05, 3.63) is 56.9 Å². The number of imidazole rings is 1. The van der Waals surface area contributed by atoms with Crippen LogP contribution in [0.15, 0.2) is 24.4 Å². The Hall–Kier alpha value is -1.79. The van der Waals surface area contributed by atoms with Crippen molar-refractivity contribution in [1.82, 2.24) is 14.5 Å². The summed E-state index contributed by atoms with van der Waals surface area (Å²) in [5.41, 5.74) is 0.845. The monoisotopic (exact) mass is 339 g/mol. The number of aromatic nitrogens is 3. The van der Waals surface area contributed by atoms with Crippen LogP contribution in [0.1, 0.15) is 15.7 Å². The van der Waals surface area contributed by atoms with E-state index in [9.17, 15) is 8.78 Å². The molecule has 3 rings (SSSR count). The number of nitrogens with zero attached hydrogens (tertiary/aromatic N) is 3. The number of rotatable bonds is 3. The lowest BCUT2D eigenvalue weighted by Crippen LogP contribution is -1.99. The van der Waals surface area contributed by atoms with Crippen molar-refractivity contribution >= 4 is 22.9 Å². The van der Waals surface area contributed by atoms with Gasteiger partial charge in [0.05, 0.1) is 18.3 Å². The molecule has 0 saturated heterocycles. The lowest BCUT2D eigenvalue weighted by molar-refractivity contribution is 0.585. The van der Waals surface area contributed by atoms with E-state index in [0.29, 0.717) is 22.8 Å². The van der Waals surface area contributed by atoms with Gasteiger partial charge in [-0.25, -0.2) is 18.7 Å². The predicted molar refractivity (Wildman–Crippen MR) is 83.2 cm³/mol. The number of aryl methyl sites for hydroxylation is 1. The highest BCUT2D eigenvalue weighted by atomic mass is 35.5. The fourth-order valence-corrected chi connectivity index (χ4v) is 3.27. The van der Waals surface area contributed by atoms with E-state index >= 15 is 0 Å². The van der Waals surface area contributed by atoms with Crippen LogP contribution in [0.4, 0.5) is 8.78 Å². The van der Waals surface area contributed by atoms with Crippen LogP contribution in [0.3, 0.4) is 0 Å². The van der Waals surface area contributed by atoms with Crippen LogP contribution in [0.25, 0.3) is 11.3 Å². The summed E-state index contributed by atoms with van der Waals surface area (Å²) in [5.74, 6) is -0.429. The minimum absolute atomic E-state index is 0.305. The summed E-state index contributed by atoms with van der Waals surface area (Å²) < 4.78 is 28.7. The molecule has 0 spiro atoms. The van der Waals surface area contributed by atoms with E-state index in [4.69, 9.17) is 11.6 Å². The number of thiazole rings is 1. The lowest BCUT2D eigenvalue weighted by Gasteiger charge is -2.01. The molecule has 22 heavy (non-hydrogen) atoms. The van der Waals surface area contributed by atoms with Crippen LogP contribution in [0, 0.1) is 18.6 Å². The van der Waals surface area contributed by atoms with Crippen LogP contribution >= 0.6 is 22.9 Å². The van der Waals surface area contributed by atoms with Crippen molar-refractivity contribution < 1.29 is 8.78 Å². The summed E-state index contributed by atoms with van der Waals surface area (Å²) in [6.45, 7) is 1.87. The topological polar surface area (TPSA) is 30.7 Å². The lowest BCUT2D eigenvalue weighted by atomic mass is 10.1. The minimum Gasteiger partial charge on any atom is -0.322 e. The molecule has 0 saturated carbocycles. The standard InChI is InChI=1S/C15H12ClF2N3S/c1-8-15(10-4-3-9(17)5-11(10)18)20-14(22-8)6-13-19-7-12(16)21(13)2/h3-5,7H,6H2,1-2H3. The van der Waals surface area contributed by atoms with Gasteiger partial charge in [-0.1, -0.05) is 11.6 Å². The molecule has 0 unspecified atom stereocenters. The third-order valence-electron chi connectivity index (χ3n) is 3.36. The van der Waals surface area contributed by atoms with E-state index in [2.05, 4.69) is 9.97 Å². The van der Waals surface area contributed by atoms with Crippen molar-refractivity contribution in [3.8, 4) is 11.3 Å². The van der Waals surface area contributed by atoms with Gasteiger partial charge in [0.1, 0.15) is 27.6 Å². The Balaban J connectivity index is 1.95. The Bertz CT molecular complexity index is 841. The van der Waals surface area contributed by atoms with Crippen LogP contribution in [-0.4, -0.2) is 14.5 Å². The fourth-order valence-electron chi connectivity index (χ4n) is 2.18. The molecule has 0 bridgehead atoms. The van der Waals surface area contributed by atoms with Gasteiger partial charge in [-0.05, 0) is 19.1 Å². The fraction of sp³-hybridized carbons (Fsp3) is 0.200. The van der Waals surface area contributed by atoms with Crippen molar-refractivity contribution in [2.45, 2.75) is 13.3 Å². The molecule has 7 heteroatoms. The van der Waals surface area contributed by atoms with Gasteiger partial charge in [-0.3, -0.25) is 0 Å². The molecule has 0 atom stereocenters. The predicted octanol–water partition coefficient (Wildman–Crippen LogP) is 4.37. The van der Waals surface area contributed by atoms with Gasteiger partial charge in [-0.2, -0.15) is 0 Å². The van der Waals surface area contributed by atoms with E-state index in [1.165, 1.54) is 23.5 Å². The first-order valence-electron chi connectivity index (χ1n) is 6.53. The molecule has 2 aromatic heterocycles. The number of benzene rings is 1. The molecule has 0 aliphatic carbocycles. The summed E-state index contributed by atoms with van der Waals surface area (Å²) in [6, 6.07) is 3.51. The summed E-state index contributed by atoms with van der Waals surface area (Å²) in [7, 11) is 1.83. The highest BCUT2D eigenvalue weighted by Crippen LogP contribution is 2.30. The highest BCUT2D eigenvalue weighted by Gasteiger charge is 2.16. The molecule has 0 radical (unpaired) electrons. The first-order valence-corrected chi connectivity index (χ1v) is 7.73. The Morgan fingerprint density at radius 3 is 2.73 bits per heavy atom. The van der Waals surface area contributed by atoms with E-state index in [1.54, 1.807) is 10.8 Å². The molecular formula is C15H12ClF2N3S. The largest absolute Gasteiger partial charge is 0.322 e. The Morgan fingerprint density at radius 2 is 2.09 bits per heavy atom. The number of hydrogen-bond acceptors (Lipinski definition) is 3. The molecule has 3 nitrogen and oxygen atoms in total. The van der Waals surface area contributed by atoms with Gasteiger partial charge < -0.3 is 4.57 Å². The average molecular weight is 340 g/mol. The van der Waals surface area contributed by atoms with Crippen LogP contribution in [0.5, 0.6) is 0 Å². The number of hydrogen-bond donors (Lipinski definition) is 0. The molecular weight excluding hydrogens is 328 g/mol. The zero-order valence-electron chi connectivity index (χ0n) is 11.9. The quantitative estimate of drug-likeness (QED) is 0.709. The Morgan fingerprint density at radius 1 is 1.32 bits per heavy atom. The molecule has 114 valence electrons. The van der Waals surface area contributed by atoms with E-state index in [-0.39, 0.29) is 0 Å². The second-order valence-corrected chi connectivity index (χ2v) is 6.54. The summed E-state index contributed by atoms with van der Waals surface area (Å²) in [6.07, 6.45) is 2.09. The molecule has 3 aromatic rings. The van der Waals surface area contributed by atoms with Crippen LogP contribution < -0.4 is 0 Å². The van der Waals surface area contributed by atoms with E-state index < -0.39 is 11.6 Å². The maximum atomic E-state index is 13.9. The van der Waals surface area contributed by atoms with Crippen LogP contribution in [-0.2, 0) is 13.5 Å². The molecule has 1 aromatic carbocycles. The minimum atomic E-state index is -0.611.